The molecule has 0 unspecified atom stereocenters. The number of nitrogens with zero attached hydrogens (tertiary/aromatic N) is 3. The topological polar surface area (TPSA) is 75.2 Å². The van der Waals surface area contributed by atoms with Crippen molar-refractivity contribution in [3.63, 3.8) is 0 Å². The summed E-state index contributed by atoms with van der Waals surface area (Å²) in [6, 6.07) is 10.7. The zero-order chi connectivity index (χ0) is 20.4. The first-order valence-corrected chi connectivity index (χ1v) is 11.8. The monoisotopic (exact) mass is 430 g/mol. The zero-order valence-electron chi connectivity index (χ0n) is 16.2. The van der Waals surface area contributed by atoms with Crippen LogP contribution in [-0.2, 0) is 9.84 Å². The number of sulfone groups is 1. The lowest BCUT2D eigenvalue weighted by Crippen LogP contribution is -2.30. The second-order valence-corrected chi connectivity index (χ2v) is 9.85. The molecule has 1 N–H and O–H groups in total. The van der Waals surface area contributed by atoms with Crippen molar-refractivity contribution in [2.75, 3.05) is 29.1 Å². The van der Waals surface area contributed by atoms with Gasteiger partial charge < -0.3 is 10.2 Å². The number of anilines is 3. The number of nitrogens with one attached hydrogen (secondary N) is 1. The number of rotatable bonds is 5. The van der Waals surface area contributed by atoms with Crippen LogP contribution >= 0.6 is 11.6 Å². The van der Waals surface area contributed by atoms with Crippen LogP contribution in [0.5, 0.6) is 0 Å². The smallest absolute Gasteiger partial charge is 0.178 e. The van der Waals surface area contributed by atoms with E-state index in [2.05, 4.69) is 20.2 Å². The summed E-state index contributed by atoms with van der Waals surface area (Å²) in [6.45, 7) is 3.55. The molecule has 0 bridgehead atoms. The quantitative estimate of drug-likeness (QED) is 0.626. The first-order chi connectivity index (χ1) is 14.0. The highest BCUT2D eigenvalue weighted by atomic mass is 35.5. The van der Waals surface area contributed by atoms with Gasteiger partial charge in [-0.2, -0.15) is 0 Å². The Kier molecular flexibility index (Phi) is 5.61. The molecule has 3 aromatic rings. The van der Waals surface area contributed by atoms with Crippen LogP contribution in [0.1, 0.15) is 26.2 Å². The molecule has 0 radical (unpaired) electrons. The third-order valence-electron chi connectivity index (χ3n) is 5.25. The summed E-state index contributed by atoms with van der Waals surface area (Å²) in [5, 5.41) is 4.74. The highest BCUT2D eigenvalue weighted by molar-refractivity contribution is 7.91. The summed E-state index contributed by atoms with van der Waals surface area (Å²) < 4.78 is 24.9. The van der Waals surface area contributed by atoms with Crippen molar-refractivity contribution < 1.29 is 8.42 Å². The predicted octanol–water partition coefficient (Wildman–Crippen LogP) is 4.81. The third kappa shape index (κ3) is 4.16. The molecule has 0 spiro atoms. The van der Waals surface area contributed by atoms with Crippen LogP contribution in [0.2, 0.25) is 5.02 Å². The molecule has 2 aromatic carbocycles. The summed E-state index contributed by atoms with van der Waals surface area (Å²) in [7, 11) is -3.32. The van der Waals surface area contributed by atoms with Gasteiger partial charge in [-0.25, -0.2) is 18.4 Å². The Bertz CT molecular complexity index is 1140. The fourth-order valence-electron chi connectivity index (χ4n) is 3.64. The minimum atomic E-state index is -3.32. The number of piperidine rings is 1. The van der Waals surface area contributed by atoms with Gasteiger partial charge in [0, 0.05) is 23.5 Å². The lowest BCUT2D eigenvalue weighted by Gasteiger charge is -2.31. The van der Waals surface area contributed by atoms with Crippen molar-refractivity contribution in [3.05, 3.63) is 47.7 Å². The standard InChI is InChI=1S/C21H23ClN4O2S/c1-2-29(27,28)16-7-9-20(26-10-4-3-5-11-26)19(13-16)25-21-17-12-15(22)6-8-18(17)23-14-24-21/h6-9,12-14H,2-5,10-11H2,1H3,(H,23,24,25). The molecular weight excluding hydrogens is 408 g/mol. The molecule has 1 aromatic heterocycles. The van der Waals surface area contributed by atoms with E-state index < -0.39 is 9.84 Å². The molecule has 0 amide bonds. The molecule has 0 aliphatic carbocycles. The highest BCUT2D eigenvalue weighted by Gasteiger charge is 2.19. The molecule has 2 heterocycles. The number of aromatic nitrogens is 2. The van der Waals surface area contributed by atoms with E-state index in [0.717, 1.165) is 48.2 Å². The lowest BCUT2D eigenvalue weighted by atomic mass is 10.1. The van der Waals surface area contributed by atoms with Gasteiger partial charge in [0.2, 0.25) is 0 Å². The molecule has 4 rings (SSSR count). The number of hydrogen-bond donors (Lipinski definition) is 1. The van der Waals surface area contributed by atoms with Crippen molar-refractivity contribution in [2.45, 2.75) is 31.1 Å². The maximum atomic E-state index is 12.5. The van der Waals surface area contributed by atoms with Crippen LogP contribution in [0.4, 0.5) is 17.2 Å². The van der Waals surface area contributed by atoms with Gasteiger partial charge in [-0.1, -0.05) is 18.5 Å². The predicted molar refractivity (Wildman–Crippen MR) is 118 cm³/mol. The number of halogens is 1. The highest BCUT2D eigenvalue weighted by Crippen LogP contribution is 2.35. The Labute approximate surface area is 175 Å². The van der Waals surface area contributed by atoms with E-state index in [9.17, 15) is 8.42 Å². The summed E-state index contributed by atoms with van der Waals surface area (Å²) in [5.74, 6) is 0.656. The minimum Gasteiger partial charge on any atom is -0.370 e. The fraction of sp³-hybridized carbons (Fsp3) is 0.333. The molecule has 0 saturated carbocycles. The summed E-state index contributed by atoms with van der Waals surface area (Å²) in [4.78, 5) is 11.3. The summed E-state index contributed by atoms with van der Waals surface area (Å²) >= 11 is 6.18. The van der Waals surface area contributed by atoms with Gasteiger partial charge in [0.1, 0.15) is 12.1 Å². The molecule has 6 nitrogen and oxygen atoms in total. The van der Waals surface area contributed by atoms with Gasteiger partial charge in [0.25, 0.3) is 0 Å². The third-order valence-corrected chi connectivity index (χ3v) is 7.22. The Morgan fingerprint density at radius 2 is 1.86 bits per heavy atom. The van der Waals surface area contributed by atoms with Gasteiger partial charge in [-0.15, -0.1) is 0 Å². The van der Waals surface area contributed by atoms with E-state index in [-0.39, 0.29) is 5.75 Å². The SMILES string of the molecule is CCS(=O)(=O)c1ccc(N2CCCCC2)c(Nc2ncnc3ccc(Cl)cc23)c1. The van der Waals surface area contributed by atoms with Crippen LogP contribution in [0.15, 0.2) is 47.6 Å². The Morgan fingerprint density at radius 3 is 2.62 bits per heavy atom. The van der Waals surface area contributed by atoms with Gasteiger partial charge in [-0.3, -0.25) is 0 Å². The first kappa shape index (κ1) is 19.9. The molecule has 1 saturated heterocycles. The molecule has 0 atom stereocenters. The van der Waals surface area contributed by atoms with Crippen LogP contribution in [0.3, 0.4) is 0 Å². The number of benzene rings is 2. The minimum absolute atomic E-state index is 0.0571. The molecule has 1 aliphatic rings. The summed E-state index contributed by atoms with van der Waals surface area (Å²) in [5.41, 5.74) is 2.47. The fourth-order valence-corrected chi connectivity index (χ4v) is 4.72. The van der Waals surface area contributed by atoms with Crippen LogP contribution in [-0.4, -0.2) is 37.2 Å². The second kappa shape index (κ2) is 8.16. The molecular formula is C21H23ClN4O2S. The molecule has 1 aliphatic heterocycles. The van der Waals surface area contributed by atoms with Crippen LogP contribution in [0.25, 0.3) is 10.9 Å². The zero-order valence-corrected chi connectivity index (χ0v) is 17.8. The van der Waals surface area contributed by atoms with E-state index >= 15 is 0 Å². The van der Waals surface area contributed by atoms with E-state index in [1.807, 2.05) is 18.2 Å². The molecule has 1 fully saturated rings. The number of fused-ring (bicyclic) bond motifs is 1. The summed E-state index contributed by atoms with van der Waals surface area (Å²) in [6.07, 6.45) is 4.96. The van der Waals surface area contributed by atoms with Crippen LogP contribution < -0.4 is 10.2 Å². The Balaban J connectivity index is 1.82. The first-order valence-electron chi connectivity index (χ1n) is 9.77. The van der Waals surface area contributed by atoms with Crippen molar-refractivity contribution in [2.24, 2.45) is 0 Å². The van der Waals surface area contributed by atoms with E-state index in [1.165, 1.54) is 12.7 Å². The van der Waals surface area contributed by atoms with Gasteiger partial charge in [-0.05, 0) is 55.7 Å². The average Bonchev–Trinajstić information content (AvgIpc) is 2.75. The maximum absolute atomic E-state index is 12.5. The lowest BCUT2D eigenvalue weighted by molar-refractivity contribution is 0.578. The molecule has 152 valence electrons. The van der Waals surface area contributed by atoms with Gasteiger partial charge in [0.15, 0.2) is 9.84 Å². The van der Waals surface area contributed by atoms with E-state index in [4.69, 9.17) is 11.6 Å². The molecule has 29 heavy (non-hydrogen) atoms. The average molecular weight is 431 g/mol. The van der Waals surface area contributed by atoms with Gasteiger partial charge >= 0.3 is 0 Å². The Hall–Kier alpha value is -2.38. The van der Waals surface area contributed by atoms with Crippen molar-refractivity contribution >= 4 is 49.5 Å². The second-order valence-electron chi connectivity index (χ2n) is 7.14. The van der Waals surface area contributed by atoms with Crippen molar-refractivity contribution in [1.29, 1.82) is 0 Å². The van der Waals surface area contributed by atoms with E-state index in [1.54, 1.807) is 25.1 Å². The molecule has 8 heteroatoms. The van der Waals surface area contributed by atoms with Crippen molar-refractivity contribution in [1.82, 2.24) is 9.97 Å². The van der Waals surface area contributed by atoms with Crippen molar-refractivity contribution in [3.8, 4) is 0 Å². The largest absolute Gasteiger partial charge is 0.370 e. The Morgan fingerprint density at radius 1 is 1.07 bits per heavy atom. The number of hydrogen-bond acceptors (Lipinski definition) is 6. The normalized spacial score (nSPS) is 14.9. The van der Waals surface area contributed by atoms with Crippen LogP contribution in [0, 0.1) is 0 Å². The van der Waals surface area contributed by atoms with Gasteiger partial charge in [0.05, 0.1) is 27.5 Å². The van der Waals surface area contributed by atoms with E-state index in [0.29, 0.717) is 15.7 Å². The maximum Gasteiger partial charge on any atom is 0.178 e.